The Bertz CT molecular complexity index is 540. The number of pyridine rings is 1. The first-order valence-corrected chi connectivity index (χ1v) is 5.88. The summed E-state index contributed by atoms with van der Waals surface area (Å²) >= 11 is 0. The van der Waals surface area contributed by atoms with Crippen molar-refractivity contribution in [3.8, 4) is 0 Å². The van der Waals surface area contributed by atoms with Crippen LogP contribution < -0.4 is 11.1 Å². The van der Waals surface area contributed by atoms with Crippen molar-refractivity contribution < 1.29 is 9.90 Å². The molecule has 1 heterocycles. The summed E-state index contributed by atoms with van der Waals surface area (Å²) in [5, 5.41) is 12.6. The normalized spacial score (nSPS) is 11.8. The fraction of sp³-hybridized carbons (Fsp3) is 0.143. The predicted octanol–water partition coefficient (Wildman–Crippen LogP) is 1.13. The van der Waals surface area contributed by atoms with Crippen LogP contribution in [0, 0.1) is 0 Å². The fourth-order valence-corrected chi connectivity index (χ4v) is 1.62. The number of nitrogens with zero attached hydrogens (tertiary/aromatic N) is 1. The van der Waals surface area contributed by atoms with E-state index in [4.69, 9.17) is 5.73 Å². The maximum Gasteiger partial charge on any atom is 0.252 e. The van der Waals surface area contributed by atoms with Crippen molar-refractivity contribution in [1.29, 1.82) is 0 Å². The monoisotopic (exact) mass is 257 g/mol. The van der Waals surface area contributed by atoms with Gasteiger partial charge in [-0.15, -0.1) is 0 Å². The summed E-state index contributed by atoms with van der Waals surface area (Å²) in [6.45, 7) is 0.137. The first-order valence-electron chi connectivity index (χ1n) is 5.88. The SMILES string of the molecule is Nc1ccc(C(O)CNC(=O)c2cccnc2)cc1. The Morgan fingerprint density at radius 1 is 1.32 bits per heavy atom. The fourth-order valence-electron chi connectivity index (χ4n) is 1.62. The van der Waals surface area contributed by atoms with E-state index in [-0.39, 0.29) is 12.5 Å². The van der Waals surface area contributed by atoms with Crippen LogP contribution in [0.2, 0.25) is 0 Å². The van der Waals surface area contributed by atoms with E-state index in [0.717, 1.165) is 0 Å². The molecule has 2 rings (SSSR count). The minimum absolute atomic E-state index is 0.137. The van der Waals surface area contributed by atoms with Gasteiger partial charge >= 0.3 is 0 Å². The number of nitrogens with one attached hydrogen (secondary N) is 1. The Morgan fingerprint density at radius 3 is 2.68 bits per heavy atom. The zero-order valence-corrected chi connectivity index (χ0v) is 10.3. The zero-order chi connectivity index (χ0) is 13.7. The third-order valence-corrected chi connectivity index (χ3v) is 2.70. The summed E-state index contributed by atoms with van der Waals surface area (Å²) in [5.41, 5.74) is 7.38. The average Bonchev–Trinajstić information content (AvgIpc) is 2.46. The third kappa shape index (κ3) is 3.53. The van der Waals surface area contributed by atoms with Gasteiger partial charge in [0.05, 0.1) is 11.7 Å². The van der Waals surface area contributed by atoms with E-state index in [1.807, 2.05) is 0 Å². The number of hydrogen-bond donors (Lipinski definition) is 3. The van der Waals surface area contributed by atoms with E-state index in [9.17, 15) is 9.90 Å². The van der Waals surface area contributed by atoms with Crippen molar-refractivity contribution in [3.05, 3.63) is 59.9 Å². The van der Waals surface area contributed by atoms with Gasteiger partial charge in [-0.05, 0) is 29.8 Å². The Kier molecular flexibility index (Phi) is 4.10. The van der Waals surface area contributed by atoms with Gasteiger partial charge in [-0.2, -0.15) is 0 Å². The van der Waals surface area contributed by atoms with Crippen LogP contribution in [-0.2, 0) is 0 Å². The van der Waals surface area contributed by atoms with Crippen molar-refractivity contribution in [2.75, 3.05) is 12.3 Å². The number of aliphatic hydroxyl groups excluding tert-OH is 1. The highest BCUT2D eigenvalue weighted by atomic mass is 16.3. The van der Waals surface area contributed by atoms with E-state index in [2.05, 4.69) is 10.3 Å². The van der Waals surface area contributed by atoms with Crippen LogP contribution in [0.1, 0.15) is 22.0 Å². The third-order valence-electron chi connectivity index (χ3n) is 2.70. The molecule has 0 aliphatic heterocycles. The van der Waals surface area contributed by atoms with Gasteiger partial charge in [-0.25, -0.2) is 0 Å². The number of rotatable bonds is 4. The second-order valence-electron chi connectivity index (χ2n) is 4.13. The van der Waals surface area contributed by atoms with Crippen LogP contribution >= 0.6 is 0 Å². The minimum atomic E-state index is -0.763. The maximum absolute atomic E-state index is 11.8. The van der Waals surface area contributed by atoms with Crippen molar-refractivity contribution in [1.82, 2.24) is 10.3 Å². The number of aromatic nitrogens is 1. The molecule has 0 aliphatic rings. The van der Waals surface area contributed by atoms with Gasteiger partial charge in [-0.3, -0.25) is 9.78 Å². The van der Waals surface area contributed by atoms with Crippen LogP contribution in [0.25, 0.3) is 0 Å². The highest BCUT2D eigenvalue weighted by molar-refractivity contribution is 5.93. The van der Waals surface area contributed by atoms with Crippen molar-refractivity contribution in [2.24, 2.45) is 0 Å². The first kappa shape index (κ1) is 13.0. The Balaban J connectivity index is 1.92. The smallest absolute Gasteiger partial charge is 0.252 e. The molecule has 0 radical (unpaired) electrons. The minimum Gasteiger partial charge on any atom is -0.399 e. The summed E-state index contributed by atoms with van der Waals surface area (Å²) in [6, 6.07) is 10.2. The molecule has 0 saturated carbocycles. The number of amides is 1. The second-order valence-corrected chi connectivity index (χ2v) is 4.13. The van der Waals surface area contributed by atoms with Crippen LogP contribution in [0.5, 0.6) is 0 Å². The van der Waals surface area contributed by atoms with Gasteiger partial charge < -0.3 is 16.2 Å². The van der Waals surface area contributed by atoms with Crippen molar-refractivity contribution in [2.45, 2.75) is 6.10 Å². The molecule has 1 atom stereocenters. The highest BCUT2D eigenvalue weighted by Crippen LogP contribution is 2.13. The maximum atomic E-state index is 11.8. The largest absolute Gasteiger partial charge is 0.399 e. The predicted molar refractivity (Wildman–Crippen MR) is 72.4 cm³/mol. The Hall–Kier alpha value is -2.40. The molecule has 1 unspecified atom stereocenters. The van der Waals surface area contributed by atoms with Gasteiger partial charge in [0, 0.05) is 24.6 Å². The van der Waals surface area contributed by atoms with Crippen molar-refractivity contribution in [3.63, 3.8) is 0 Å². The number of benzene rings is 1. The highest BCUT2D eigenvalue weighted by Gasteiger charge is 2.10. The average molecular weight is 257 g/mol. The molecule has 0 aliphatic carbocycles. The molecule has 5 heteroatoms. The molecule has 1 aromatic carbocycles. The summed E-state index contributed by atoms with van der Waals surface area (Å²) < 4.78 is 0. The molecule has 0 saturated heterocycles. The van der Waals surface area contributed by atoms with E-state index >= 15 is 0 Å². The summed E-state index contributed by atoms with van der Waals surface area (Å²) in [4.78, 5) is 15.6. The van der Waals surface area contributed by atoms with Crippen LogP contribution in [0.15, 0.2) is 48.8 Å². The molecule has 0 fully saturated rings. The molecular formula is C14H15N3O2. The topological polar surface area (TPSA) is 88.2 Å². The van der Waals surface area contributed by atoms with Crippen LogP contribution in [0.4, 0.5) is 5.69 Å². The molecule has 4 N–H and O–H groups in total. The molecule has 2 aromatic rings. The van der Waals surface area contributed by atoms with Gasteiger partial charge in [0.1, 0.15) is 0 Å². The Labute approximate surface area is 111 Å². The standard InChI is InChI=1S/C14H15N3O2/c15-12-5-3-10(4-6-12)13(18)9-17-14(19)11-2-1-7-16-8-11/h1-8,13,18H,9,15H2,(H,17,19). The number of hydrogen-bond acceptors (Lipinski definition) is 4. The number of aliphatic hydroxyl groups is 1. The van der Waals surface area contributed by atoms with E-state index in [1.54, 1.807) is 42.6 Å². The molecular weight excluding hydrogens is 242 g/mol. The first-order chi connectivity index (χ1) is 9.16. The number of carbonyl (C=O) groups is 1. The van der Waals surface area contributed by atoms with Gasteiger partial charge in [-0.1, -0.05) is 12.1 Å². The van der Waals surface area contributed by atoms with Gasteiger partial charge in [0.2, 0.25) is 0 Å². The molecule has 0 bridgehead atoms. The lowest BCUT2D eigenvalue weighted by Crippen LogP contribution is -2.28. The molecule has 1 aromatic heterocycles. The van der Waals surface area contributed by atoms with E-state index < -0.39 is 6.10 Å². The molecule has 19 heavy (non-hydrogen) atoms. The van der Waals surface area contributed by atoms with Crippen LogP contribution in [0.3, 0.4) is 0 Å². The number of anilines is 1. The van der Waals surface area contributed by atoms with Gasteiger partial charge in [0.15, 0.2) is 0 Å². The van der Waals surface area contributed by atoms with E-state index in [1.165, 1.54) is 6.20 Å². The Morgan fingerprint density at radius 2 is 2.05 bits per heavy atom. The van der Waals surface area contributed by atoms with E-state index in [0.29, 0.717) is 16.8 Å². The quantitative estimate of drug-likeness (QED) is 0.716. The number of carbonyl (C=O) groups excluding carboxylic acids is 1. The molecule has 98 valence electrons. The molecule has 0 spiro atoms. The lowest BCUT2D eigenvalue weighted by Gasteiger charge is -2.12. The number of nitrogen functional groups attached to an aromatic ring is 1. The summed E-state index contributed by atoms with van der Waals surface area (Å²) in [6.07, 6.45) is 2.31. The lowest BCUT2D eigenvalue weighted by atomic mass is 10.1. The summed E-state index contributed by atoms with van der Waals surface area (Å²) in [7, 11) is 0. The van der Waals surface area contributed by atoms with Crippen molar-refractivity contribution >= 4 is 11.6 Å². The van der Waals surface area contributed by atoms with Crippen LogP contribution in [-0.4, -0.2) is 22.5 Å². The van der Waals surface area contributed by atoms with Gasteiger partial charge in [0.25, 0.3) is 5.91 Å². The number of nitrogens with two attached hydrogens (primary N) is 1. The lowest BCUT2D eigenvalue weighted by molar-refractivity contribution is 0.0916. The molecule has 1 amide bonds. The molecule has 5 nitrogen and oxygen atoms in total. The zero-order valence-electron chi connectivity index (χ0n) is 10.3. The second kappa shape index (κ2) is 5.97. The summed E-state index contributed by atoms with van der Waals surface area (Å²) in [5.74, 6) is -0.261.